The molecule has 1 aromatic carbocycles. The number of rotatable bonds is 2. The Morgan fingerprint density at radius 2 is 1.88 bits per heavy atom. The fraction of sp³-hybridized carbons (Fsp3) is 0.462. The van der Waals surface area contributed by atoms with Gasteiger partial charge in [0, 0.05) is 15.8 Å². The Morgan fingerprint density at radius 3 is 2.62 bits per heavy atom. The van der Waals surface area contributed by atoms with E-state index in [1.165, 1.54) is 17.7 Å². The minimum atomic E-state index is 0.184. The molecule has 0 aliphatic heterocycles. The third-order valence-corrected chi connectivity index (χ3v) is 4.70. The monoisotopic (exact) mass is 298 g/mol. The first-order valence-electron chi connectivity index (χ1n) is 5.70. The van der Waals surface area contributed by atoms with Gasteiger partial charge in [-0.2, -0.15) is 0 Å². The lowest BCUT2D eigenvalue weighted by atomic mass is 10.2. The number of hydrogen-bond acceptors (Lipinski definition) is 2. The molecule has 0 spiro atoms. The van der Waals surface area contributed by atoms with E-state index >= 15 is 0 Å². The molecule has 0 heterocycles. The SMILES string of the molecule is O=C1CCCCCC1Sc1ccc(Br)cc1. The molecular weight excluding hydrogens is 284 g/mol. The van der Waals surface area contributed by atoms with E-state index in [1.54, 1.807) is 11.8 Å². The minimum absolute atomic E-state index is 0.184. The van der Waals surface area contributed by atoms with E-state index in [4.69, 9.17) is 0 Å². The summed E-state index contributed by atoms with van der Waals surface area (Å²) in [6.07, 6.45) is 5.30. The zero-order valence-corrected chi connectivity index (χ0v) is 11.5. The molecule has 0 saturated heterocycles. The molecule has 0 N–H and O–H groups in total. The third-order valence-electron chi connectivity index (χ3n) is 2.84. The minimum Gasteiger partial charge on any atom is -0.298 e. The maximum Gasteiger partial charge on any atom is 0.146 e. The van der Waals surface area contributed by atoms with Gasteiger partial charge < -0.3 is 0 Å². The fourth-order valence-corrected chi connectivity index (χ4v) is 3.35. The highest BCUT2D eigenvalue weighted by Crippen LogP contribution is 2.31. The third kappa shape index (κ3) is 3.36. The number of carbonyl (C=O) groups excluding carboxylic acids is 1. The highest BCUT2D eigenvalue weighted by Gasteiger charge is 2.21. The molecule has 1 unspecified atom stereocenters. The number of halogens is 1. The number of benzene rings is 1. The smallest absolute Gasteiger partial charge is 0.146 e. The van der Waals surface area contributed by atoms with Gasteiger partial charge in [0.2, 0.25) is 0 Å². The molecule has 0 radical (unpaired) electrons. The molecule has 16 heavy (non-hydrogen) atoms. The van der Waals surface area contributed by atoms with Gasteiger partial charge in [-0.3, -0.25) is 4.79 Å². The topological polar surface area (TPSA) is 17.1 Å². The van der Waals surface area contributed by atoms with Crippen molar-refractivity contribution in [2.45, 2.75) is 42.2 Å². The number of Topliss-reactive ketones (excluding diaryl/α,β-unsaturated/α-hetero) is 1. The van der Waals surface area contributed by atoms with Crippen LogP contribution < -0.4 is 0 Å². The van der Waals surface area contributed by atoms with Crippen molar-refractivity contribution < 1.29 is 4.79 Å². The fourth-order valence-electron chi connectivity index (χ4n) is 1.93. The zero-order valence-electron chi connectivity index (χ0n) is 9.12. The quantitative estimate of drug-likeness (QED) is 0.751. The van der Waals surface area contributed by atoms with Crippen molar-refractivity contribution >= 4 is 33.5 Å². The molecule has 1 fully saturated rings. The van der Waals surface area contributed by atoms with Crippen LogP contribution in [0.5, 0.6) is 0 Å². The van der Waals surface area contributed by atoms with E-state index in [0.717, 1.165) is 23.7 Å². The molecule has 1 aliphatic carbocycles. The Hall–Kier alpha value is -0.280. The maximum absolute atomic E-state index is 11.9. The molecule has 1 aromatic rings. The highest BCUT2D eigenvalue weighted by molar-refractivity contribution is 9.10. The van der Waals surface area contributed by atoms with E-state index in [0.29, 0.717) is 5.78 Å². The van der Waals surface area contributed by atoms with Gasteiger partial charge in [0.05, 0.1) is 5.25 Å². The number of hydrogen-bond donors (Lipinski definition) is 0. The van der Waals surface area contributed by atoms with Crippen molar-refractivity contribution in [2.24, 2.45) is 0 Å². The summed E-state index contributed by atoms with van der Waals surface area (Å²) in [6.45, 7) is 0. The highest BCUT2D eigenvalue weighted by atomic mass is 79.9. The van der Waals surface area contributed by atoms with Gasteiger partial charge in [0.1, 0.15) is 5.78 Å². The molecule has 0 amide bonds. The summed E-state index contributed by atoms with van der Waals surface area (Å²) in [6, 6.07) is 8.22. The second-order valence-electron chi connectivity index (χ2n) is 4.13. The van der Waals surface area contributed by atoms with E-state index in [9.17, 15) is 4.79 Å². The van der Waals surface area contributed by atoms with Crippen molar-refractivity contribution in [1.82, 2.24) is 0 Å². The van der Waals surface area contributed by atoms with Crippen molar-refractivity contribution in [1.29, 1.82) is 0 Å². The molecule has 0 aromatic heterocycles. The first kappa shape index (κ1) is 12.2. The van der Waals surface area contributed by atoms with E-state index in [-0.39, 0.29) is 5.25 Å². The summed E-state index contributed by atoms with van der Waals surface area (Å²) in [5.41, 5.74) is 0. The van der Waals surface area contributed by atoms with Gasteiger partial charge in [-0.15, -0.1) is 11.8 Å². The first-order chi connectivity index (χ1) is 7.75. The second-order valence-corrected chi connectivity index (χ2v) is 6.32. The molecule has 86 valence electrons. The molecule has 2 rings (SSSR count). The Morgan fingerprint density at radius 1 is 1.12 bits per heavy atom. The van der Waals surface area contributed by atoms with Gasteiger partial charge in [-0.25, -0.2) is 0 Å². The van der Waals surface area contributed by atoms with Gasteiger partial charge in [-0.05, 0) is 37.1 Å². The molecule has 1 saturated carbocycles. The molecule has 3 heteroatoms. The van der Waals surface area contributed by atoms with Crippen molar-refractivity contribution in [2.75, 3.05) is 0 Å². The summed E-state index contributed by atoms with van der Waals surface area (Å²) >= 11 is 5.14. The predicted octanol–water partition coefficient (Wildman–Crippen LogP) is 4.44. The van der Waals surface area contributed by atoms with Crippen molar-refractivity contribution in [3.63, 3.8) is 0 Å². The lowest BCUT2D eigenvalue weighted by molar-refractivity contribution is -0.118. The molecule has 1 atom stereocenters. The summed E-state index contributed by atoms with van der Waals surface area (Å²) in [7, 11) is 0. The van der Waals surface area contributed by atoms with Gasteiger partial charge in [0.15, 0.2) is 0 Å². The number of ketones is 1. The Balaban J connectivity index is 2.02. The molecule has 1 aliphatic rings. The van der Waals surface area contributed by atoms with Crippen LogP contribution in [0.4, 0.5) is 0 Å². The van der Waals surface area contributed by atoms with Crippen molar-refractivity contribution in [3.05, 3.63) is 28.7 Å². The number of thioether (sulfide) groups is 1. The van der Waals surface area contributed by atoms with E-state index in [1.807, 2.05) is 12.1 Å². The van der Waals surface area contributed by atoms with Gasteiger partial charge in [0.25, 0.3) is 0 Å². The lowest BCUT2D eigenvalue weighted by Gasteiger charge is -2.12. The summed E-state index contributed by atoms with van der Waals surface area (Å²) in [5, 5.41) is 0.184. The largest absolute Gasteiger partial charge is 0.298 e. The average molecular weight is 299 g/mol. The maximum atomic E-state index is 11.9. The standard InChI is InChI=1S/C13H15BrOS/c14-10-6-8-11(9-7-10)16-13-5-3-1-2-4-12(13)15/h6-9,13H,1-5H2. The average Bonchev–Trinajstić information content (AvgIpc) is 2.48. The van der Waals surface area contributed by atoms with Gasteiger partial charge >= 0.3 is 0 Å². The second kappa shape index (κ2) is 5.87. The normalized spacial score (nSPS) is 21.8. The molecule has 1 nitrogen and oxygen atoms in total. The molecular formula is C13H15BrOS. The summed E-state index contributed by atoms with van der Waals surface area (Å²) < 4.78 is 1.09. The van der Waals surface area contributed by atoms with Crippen molar-refractivity contribution in [3.8, 4) is 0 Å². The zero-order chi connectivity index (χ0) is 11.4. The Bertz CT molecular complexity index is 361. The van der Waals surface area contributed by atoms with E-state index in [2.05, 4.69) is 28.1 Å². The van der Waals surface area contributed by atoms with E-state index < -0.39 is 0 Å². The first-order valence-corrected chi connectivity index (χ1v) is 7.38. The Labute approximate surface area is 109 Å². The van der Waals surface area contributed by atoms with Crippen LogP contribution in [-0.4, -0.2) is 11.0 Å². The summed E-state index contributed by atoms with van der Waals surface area (Å²) in [5.74, 6) is 0.436. The Kier molecular flexibility index (Phi) is 4.47. The van der Waals surface area contributed by atoms with Crippen LogP contribution >= 0.6 is 27.7 Å². The van der Waals surface area contributed by atoms with Crippen LogP contribution in [0.25, 0.3) is 0 Å². The summed E-state index contributed by atoms with van der Waals surface area (Å²) in [4.78, 5) is 13.1. The van der Waals surface area contributed by atoms with Crippen LogP contribution in [-0.2, 0) is 4.79 Å². The molecule has 0 bridgehead atoms. The predicted molar refractivity (Wildman–Crippen MR) is 71.9 cm³/mol. The van der Waals surface area contributed by atoms with Crippen LogP contribution in [0.3, 0.4) is 0 Å². The number of carbonyl (C=O) groups is 1. The van der Waals surface area contributed by atoms with Crippen LogP contribution in [0, 0.1) is 0 Å². The lowest BCUT2D eigenvalue weighted by Crippen LogP contribution is -2.14. The van der Waals surface area contributed by atoms with Crippen LogP contribution in [0.1, 0.15) is 32.1 Å². The van der Waals surface area contributed by atoms with Gasteiger partial charge in [-0.1, -0.05) is 28.8 Å². The van der Waals surface area contributed by atoms with Crippen LogP contribution in [0.15, 0.2) is 33.6 Å². The van der Waals surface area contributed by atoms with Crippen LogP contribution in [0.2, 0.25) is 0 Å².